The SMILES string of the molecule is [2H]C([2H])([2H])c1ccc(-c2ccc(C(F)(F)F)c(C(F)(F)F)c2)nc1. The summed E-state index contributed by atoms with van der Waals surface area (Å²) in [4.78, 5) is 3.72. The summed E-state index contributed by atoms with van der Waals surface area (Å²) >= 11 is 0. The first-order valence-corrected chi connectivity index (χ1v) is 5.55. The normalized spacial score (nSPS) is 15.2. The summed E-state index contributed by atoms with van der Waals surface area (Å²) in [7, 11) is 0. The Morgan fingerprint density at radius 1 is 0.905 bits per heavy atom. The molecule has 7 heteroatoms. The summed E-state index contributed by atoms with van der Waals surface area (Å²) in [6, 6.07) is 3.82. The zero-order valence-corrected chi connectivity index (χ0v) is 10.2. The van der Waals surface area contributed by atoms with Gasteiger partial charge in [-0.1, -0.05) is 12.1 Å². The van der Waals surface area contributed by atoms with Gasteiger partial charge in [-0.2, -0.15) is 26.3 Å². The summed E-state index contributed by atoms with van der Waals surface area (Å²) < 4.78 is 98.4. The Hall–Kier alpha value is -2.05. The molecule has 0 fully saturated rings. The molecule has 0 unspecified atom stereocenters. The second-order valence-electron chi connectivity index (χ2n) is 4.19. The minimum Gasteiger partial charge on any atom is -0.256 e. The van der Waals surface area contributed by atoms with Crippen LogP contribution in [-0.4, -0.2) is 4.98 Å². The number of pyridine rings is 1. The van der Waals surface area contributed by atoms with Crippen LogP contribution in [0.2, 0.25) is 0 Å². The maximum atomic E-state index is 12.9. The van der Waals surface area contributed by atoms with Gasteiger partial charge < -0.3 is 0 Å². The molecule has 1 aromatic carbocycles. The van der Waals surface area contributed by atoms with Gasteiger partial charge in [0.05, 0.1) is 16.8 Å². The Labute approximate surface area is 120 Å². The highest BCUT2D eigenvalue weighted by molar-refractivity contribution is 5.61. The number of nitrogens with zero attached hydrogens (tertiary/aromatic N) is 1. The van der Waals surface area contributed by atoms with Crippen LogP contribution in [0.5, 0.6) is 0 Å². The highest BCUT2D eigenvalue weighted by Crippen LogP contribution is 2.41. The fraction of sp³-hybridized carbons (Fsp3) is 0.214. The van der Waals surface area contributed by atoms with E-state index >= 15 is 0 Å². The van der Waals surface area contributed by atoms with Crippen LogP contribution in [-0.2, 0) is 12.4 Å². The van der Waals surface area contributed by atoms with Crippen molar-refractivity contribution in [3.63, 3.8) is 0 Å². The van der Waals surface area contributed by atoms with E-state index in [0.29, 0.717) is 12.1 Å². The zero-order chi connectivity index (χ0) is 18.3. The van der Waals surface area contributed by atoms with Crippen LogP contribution in [0.3, 0.4) is 0 Å². The first-order valence-electron chi connectivity index (χ1n) is 7.05. The molecule has 0 bridgehead atoms. The predicted octanol–water partition coefficient (Wildman–Crippen LogP) is 5.09. The first kappa shape index (κ1) is 11.6. The number of alkyl halides is 6. The molecule has 0 amide bonds. The molecule has 1 aromatic heterocycles. The van der Waals surface area contributed by atoms with Crippen LogP contribution in [0.1, 0.15) is 20.8 Å². The van der Waals surface area contributed by atoms with Crippen molar-refractivity contribution in [2.24, 2.45) is 0 Å². The second kappa shape index (κ2) is 5.05. The lowest BCUT2D eigenvalue weighted by atomic mass is 10.0. The molecule has 0 atom stereocenters. The minimum atomic E-state index is -5.19. The Balaban J connectivity index is 2.53. The van der Waals surface area contributed by atoms with Crippen LogP contribution < -0.4 is 0 Å². The molecule has 0 radical (unpaired) electrons. The molecule has 1 nitrogen and oxygen atoms in total. The minimum absolute atomic E-state index is 0.0674. The zero-order valence-electron chi connectivity index (χ0n) is 13.2. The van der Waals surface area contributed by atoms with Crippen molar-refractivity contribution < 1.29 is 30.5 Å². The Bertz CT molecular complexity index is 732. The molecular weight excluding hydrogens is 296 g/mol. The molecule has 0 spiro atoms. The van der Waals surface area contributed by atoms with Crippen LogP contribution in [0.25, 0.3) is 11.3 Å². The van der Waals surface area contributed by atoms with Crippen LogP contribution in [0, 0.1) is 6.85 Å². The van der Waals surface area contributed by atoms with Crippen molar-refractivity contribution in [1.82, 2.24) is 4.98 Å². The second-order valence-corrected chi connectivity index (χ2v) is 4.19. The largest absolute Gasteiger partial charge is 0.417 e. The summed E-state index contributed by atoms with van der Waals surface area (Å²) in [5.74, 6) is 0. The third kappa shape index (κ3) is 3.34. The third-order valence-corrected chi connectivity index (χ3v) is 2.69. The molecule has 0 aliphatic heterocycles. The maximum absolute atomic E-state index is 12.9. The van der Waals surface area contributed by atoms with E-state index in [-0.39, 0.29) is 16.8 Å². The third-order valence-electron chi connectivity index (χ3n) is 2.69. The number of hydrogen-bond acceptors (Lipinski definition) is 1. The van der Waals surface area contributed by atoms with E-state index in [0.717, 1.165) is 24.4 Å². The Kier molecular flexibility index (Phi) is 2.79. The molecule has 1 heterocycles. The van der Waals surface area contributed by atoms with Gasteiger partial charge in [-0.15, -0.1) is 0 Å². The van der Waals surface area contributed by atoms with Crippen molar-refractivity contribution >= 4 is 0 Å². The quantitative estimate of drug-likeness (QED) is 0.668. The maximum Gasteiger partial charge on any atom is 0.417 e. The summed E-state index contributed by atoms with van der Waals surface area (Å²) in [5, 5.41) is 0. The van der Waals surface area contributed by atoms with Gasteiger partial charge >= 0.3 is 12.4 Å². The topological polar surface area (TPSA) is 12.9 Å². The summed E-state index contributed by atoms with van der Waals surface area (Å²) in [6.45, 7) is -2.44. The molecule has 0 saturated carbocycles. The number of aryl methyl sites for hydroxylation is 1. The highest BCUT2D eigenvalue weighted by atomic mass is 19.4. The number of halogens is 6. The molecule has 0 saturated heterocycles. The van der Waals surface area contributed by atoms with Gasteiger partial charge in [0, 0.05) is 15.9 Å². The number of hydrogen-bond donors (Lipinski definition) is 0. The lowest BCUT2D eigenvalue weighted by Gasteiger charge is -2.16. The highest BCUT2D eigenvalue weighted by Gasteiger charge is 2.43. The van der Waals surface area contributed by atoms with Gasteiger partial charge in [-0.3, -0.25) is 4.98 Å². The molecule has 112 valence electrons. The standard InChI is InChI=1S/C14H9F6N/c1-8-2-5-12(21-7-8)9-3-4-10(13(15,16)17)11(6-9)14(18,19)20/h2-7H,1H3/i1D3. The van der Waals surface area contributed by atoms with E-state index < -0.39 is 30.3 Å². The molecule has 21 heavy (non-hydrogen) atoms. The van der Waals surface area contributed by atoms with Crippen LogP contribution >= 0.6 is 0 Å². The lowest BCUT2D eigenvalue weighted by Crippen LogP contribution is -2.16. The van der Waals surface area contributed by atoms with E-state index in [1.54, 1.807) is 0 Å². The van der Waals surface area contributed by atoms with E-state index in [4.69, 9.17) is 4.11 Å². The average molecular weight is 308 g/mol. The van der Waals surface area contributed by atoms with E-state index in [1.807, 2.05) is 0 Å². The van der Waals surface area contributed by atoms with Crippen molar-refractivity contribution in [2.45, 2.75) is 19.2 Å². The summed E-state index contributed by atoms with van der Waals surface area (Å²) in [6.07, 6.45) is -9.39. The van der Waals surface area contributed by atoms with Crippen molar-refractivity contribution in [2.75, 3.05) is 0 Å². The predicted molar refractivity (Wildman–Crippen MR) is 64.4 cm³/mol. The molecule has 2 rings (SSSR count). The lowest BCUT2D eigenvalue weighted by molar-refractivity contribution is -0.162. The monoisotopic (exact) mass is 308 g/mol. The molecule has 0 aliphatic carbocycles. The average Bonchev–Trinajstić information content (AvgIpc) is 2.44. The van der Waals surface area contributed by atoms with Gasteiger partial charge in [0.2, 0.25) is 0 Å². The number of rotatable bonds is 1. The van der Waals surface area contributed by atoms with Gasteiger partial charge in [0.15, 0.2) is 0 Å². The van der Waals surface area contributed by atoms with Gasteiger partial charge in [-0.25, -0.2) is 0 Å². The van der Waals surface area contributed by atoms with Crippen LogP contribution in [0.4, 0.5) is 26.3 Å². The number of benzene rings is 1. The fourth-order valence-corrected chi connectivity index (χ4v) is 1.75. The first-order chi connectivity index (χ1) is 10.8. The molecule has 0 aliphatic rings. The van der Waals surface area contributed by atoms with Gasteiger partial charge in [0.1, 0.15) is 0 Å². The fourth-order valence-electron chi connectivity index (χ4n) is 1.75. The molecular formula is C14H9F6N. The molecule has 0 N–H and O–H groups in total. The van der Waals surface area contributed by atoms with Gasteiger partial charge in [-0.05, 0) is 30.6 Å². The number of aromatic nitrogens is 1. The van der Waals surface area contributed by atoms with Crippen molar-refractivity contribution in [3.05, 3.63) is 53.2 Å². The van der Waals surface area contributed by atoms with E-state index in [9.17, 15) is 26.3 Å². The van der Waals surface area contributed by atoms with Crippen molar-refractivity contribution in [3.8, 4) is 11.3 Å². The Morgan fingerprint density at radius 3 is 2.05 bits per heavy atom. The summed E-state index contributed by atoms with van der Waals surface area (Å²) in [5.41, 5.74) is -4.02. The van der Waals surface area contributed by atoms with Crippen molar-refractivity contribution in [1.29, 1.82) is 0 Å². The van der Waals surface area contributed by atoms with Gasteiger partial charge in [0.25, 0.3) is 0 Å². The van der Waals surface area contributed by atoms with E-state index in [2.05, 4.69) is 4.98 Å². The van der Waals surface area contributed by atoms with E-state index in [1.165, 1.54) is 0 Å². The Morgan fingerprint density at radius 2 is 1.57 bits per heavy atom. The molecule has 2 aromatic rings. The smallest absolute Gasteiger partial charge is 0.256 e. The van der Waals surface area contributed by atoms with Crippen LogP contribution in [0.15, 0.2) is 36.5 Å².